The van der Waals surface area contributed by atoms with Crippen LogP contribution in [0.2, 0.25) is 0 Å². The molecule has 10 nitrogen and oxygen atoms in total. The maximum atomic E-state index is 13.5. The van der Waals surface area contributed by atoms with Gasteiger partial charge in [0.2, 0.25) is 0 Å². The second kappa shape index (κ2) is 9.85. The Morgan fingerprint density at radius 1 is 1.03 bits per heavy atom. The number of piperidine rings is 1. The van der Waals surface area contributed by atoms with E-state index >= 15 is 0 Å². The molecule has 37 heavy (non-hydrogen) atoms. The fourth-order valence-corrected chi connectivity index (χ4v) is 5.28. The van der Waals surface area contributed by atoms with Crippen molar-refractivity contribution in [2.75, 3.05) is 32.2 Å². The molecule has 10 heteroatoms. The lowest BCUT2D eigenvalue weighted by molar-refractivity contribution is 0.195. The zero-order valence-electron chi connectivity index (χ0n) is 21.5. The van der Waals surface area contributed by atoms with Crippen molar-refractivity contribution >= 4 is 27.6 Å². The van der Waals surface area contributed by atoms with Crippen LogP contribution in [-0.2, 0) is 13.5 Å². The maximum absolute atomic E-state index is 13.5. The number of methoxy groups -OCH3 is 2. The number of aliphatic hydroxyl groups is 1. The molecular formula is C27H31N5O5. The molecule has 0 aliphatic carbocycles. The van der Waals surface area contributed by atoms with Gasteiger partial charge in [0.15, 0.2) is 11.5 Å². The molecule has 3 heterocycles. The molecule has 1 fully saturated rings. The van der Waals surface area contributed by atoms with Crippen LogP contribution in [0.15, 0.2) is 46.2 Å². The standard InChI is InChI=1S/C27H31N5O5/c1-16(33)11-17-5-6-22-20(12-17)26(34)32(27(35)30(22)2)18-7-9-31(10-8-18)25-19-13-23(36-3)24(37-4)14-21(19)28-15-29-25/h5-6,12-16,18,33H,7-11H2,1-4H3. The Morgan fingerprint density at radius 3 is 2.41 bits per heavy atom. The van der Waals surface area contributed by atoms with Crippen LogP contribution in [0.5, 0.6) is 11.5 Å². The van der Waals surface area contributed by atoms with Crippen molar-refractivity contribution in [3.8, 4) is 11.5 Å². The van der Waals surface area contributed by atoms with Crippen LogP contribution in [0.25, 0.3) is 21.8 Å². The van der Waals surface area contributed by atoms with Gasteiger partial charge in [-0.25, -0.2) is 14.8 Å². The van der Waals surface area contributed by atoms with Gasteiger partial charge in [0.1, 0.15) is 12.1 Å². The van der Waals surface area contributed by atoms with Crippen molar-refractivity contribution in [1.29, 1.82) is 0 Å². The Balaban J connectivity index is 1.47. The molecule has 2 aromatic heterocycles. The quantitative estimate of drug-likeness (QED) is 0.425. The maximum Gasteiger partial charge on any atom is 0.331 e. The average Bonchev–Trinajstić information content (AvgIpc) is 2.90. The van der Waals surface area contributed by atoms with Crippen LogP contribution in [0, 0.1) is 0 Å². The van der Waals surface area contributed by atoms with Gasteiger partial charge in [-0.3, -0.25) is 13.9 Å². The summed E-state index contributed by atoms with van der Waals surface area (Å²) in [4.78, 5) is 37.9. The predicted octanol–water partition coefficient (Wildman–Crippen LogP) is 2.43. The van der Waals surface area contributed by atoms with Gasteiger partial charge in [-0.2, -0.15) is 0 Å². The van der Waals surface area contributed by atoms with Crippen molar-refractivity contribution in [2.24, 2.45) is 7.05 Å². The number of rotatable bonds is 6. The minimum absolute atomic E-state index is 0.227. The topological polar surface area (TPSA) is 112 Å². The molecule has 5 rings (SSSR count). The van der Waals surface area contributed by atoms with E-state index in [0.29, 0.717) is 54.8 Å². The minimum Gasteiger partial charge on any atom is -0.493 e. The first-order chi connectivity index (χ1) is 17.8. The van der Waals surface area contributed by atoms with Crippen LogP contribution < -0.4 is 25.6 Å². The zero-order chi connectivity index (χ0) is 26.3. The summed E-state index contributed by atoms with van der Waals surface area (Å²) in [6.45, 7) is 2.96. The lowest BCUT2D eigenvalue weighted by atomic mass is 10.0. The number of anilines is 1. The highest BCUT2D eigenvalue weighted by Gasteiger charge is 2.27. The SMILES string of the molecule is COc1cc2ncnc(N3CCC(n4c(=O)c5cc(CC(C)O)ccc5n(C)c4=O)CC3)c2cc1OC. The highest BCUT2D eigenvalue weighted by molar-refractivity contribution is 5.92. The van der Waals surface area contributed by atoms with E-state index in [-0.39, 0.29) is 17.3 Å². The molecule has 1 atom stereocenters. The van der Waals surface area contributed by atoms with Crippen LogP contribution in [0.3, 0.4) is 0 Å². The number of benzene rings is 2. The molecule has 194 valence electrons. The zero-order valence-corrected chi connectivity index (χ0v) is 21.5. The number of aliphatic hydroxyl groups excluding tert-OH is 1. The summed E-state index contributed by atoms with van der Waals surface area (Å²) < 4.78 is 13.8. The number of ether oxygens (including phenoxy) is 2. The Morgan fingerprint density at radius 2 is 1.73 bits per heavy atom. The van der Waals surface area contributed by atoms with E-state index in [1.807, 2.05) is 18.2 Å². The molecule has 0 saturated carbocycles. The van der Waals surface area contributed by atoms with E-state index < -0.39 is 6.10 Å². The fraction of sp³-hybridized carbons (Fsp3) is 0.407. The molecule has 1 unspecified atom stereocenters. The smallest absolute Gasteiger partial charge is 0.331 e. The van der Waals surface area contributed by atoms with Crippen LogP contribution >= 0.6 is 0 Å². The number of hydrogen-bond acceptors (Lipinski definition) is 8. The molecular weight excluding hydrogens is 474 g/mol. The van der Waals surface area contributed by atoms with E-state index in [1.54, 1.807) is 40.3 Å². The monoisotopic (exact) mass is 505 g/mol. The highest BCUT2D eigenvalue weighted by atomic mass is 16.5. The molecule has 0 spiro atoms. The van der Waals surface area contributed by atoms with Crippen molar-refractivity contribution in [3.05, 3.63) is 63.1 Å². The first kappa shape index (κ1) is 24.8. The Kier molecular flexibility index (Phi) is 6.59. The molecule has 0 bridgehead atoms. The predicted molar refractivity (Wildman–Crippen MR) is 142 cm³/mol. The van der Waals surface area contributed by atoms with Gasteiger partial charge in [0.05, 0.1) is 36.7 Å². The molecule has 1 saturated heterocycles. The minimum atomic E-state index is -0.518. The second-order valence-corrected chi connectivity index (χ2v) is 9.56. The van der Waals surface area contributed by atoms with Gasteiger partial charge < -0.3 is 19.5 Å². The number of hydrogen-bond donors (Lipinski definition) is 1. The molecule has 0 amide bonds. The third-order valence-corrected chi connectivity index (χ3v) is 7.14. The molecule has 2 aromatic carbocycles. The Labute approximate surface area is 213 Å². The number of aromatic nitrogens is 4. The van der Waals surface area contributed by atoms with E-state index in [9.17, 15) is 14.7 Å². The molecule has 4 aromatic rings. The summed E-state index contributed by atoms with van der Waals surface area (Å²) in [6, 6.07) is 8.92. The normalized spacial score (nSPS) is 15.3. The van der Waals surface area contributed by atoms with Crippen molar-refractivity contribution < 1.29 is 14.6 Å². The summed E-state index contributed by atoms with van der Waals surface area (Å²) in [5.74, 6) is 1.98. The summed E-state index contributed by atoms with van der Waals surface area (Å²) in [6.07, 6.45) is 2.69. The van der Waals surface area contributed by atoms with Gasteiger partial charge in [-0.05, 0) is 49.9 Å². The van der Waals surface area contributed by atoms with Crippen LogP contribution in [0.4, 0.5) is 5.82 Å². The summed E-state index contributed by atoms with van der Waals surface area (Å²) in [7, 11) is 4.87. The number of fused-ring (bicyclic) bond motifs is 2. The van der Waals surface area contributed by atoms with Crippen LogP contribution in [-0.4, -0.2) is 57.6 Å². The molecule has 1 N–H and O–H groups in total. The third-order valence-electron chi connectivity index (χ3n) is 7.14. The van der Waals surface area contributed by atoms with Gasteiger partial charge in [-0.1, -0.05) is 6.07 Å². The lowest BCUT2D eigenvalue weighted by Crippen LogP contribution is -2.45. The largest absolute Gasteiger partial charge is 0.493 e. The number of nitrogens with zero attached hydrogens (tertiary/aromatic N) is 5. The number of aryl methyl sites for hydroxylation is 1. The van der Waals surface area contributed by atoms with Gasteiger partial charge in [0.25, 0.3) is 5.56 Å². The van der Waals surface area contributed by atoms with Gasteiger partial charge in [0, 0.05) is 37.6 Å². The average molecular weight is 506 g/mol. The summed E-state index contributed by atoms with van der Waals surface area (Å²) in [5.41, 5.74) is 1.60. The van der Waals surface area contributed by atoms with Crippen molar-refractivity contribution in [1.82, 2.24) is 19.1 Å². The fourth-order valence-electron chi connectivity index (χ4n) is 5.28. The summed E-state index contributed by atoms with van der Waals surface area (Å²) >= 11 is 0. The Hall–Kier alpha value is -3.92. The van der Waals surface area contributed by atoms with Crippen molar-refractivity contribution in [3.63, 3.8) is 0 Å². The molecule has 1 aliphatic rings. The first-order valence-electron chi connectivity index (χ1n) is 12.4. The van der Waals surface area contributed by atoms with E-state index in [4.69, 9.17) is 9.47 Å². The molecule has 0 radical (unpaired) electrons. The Bertz CT molecular complexity index is 1580. The van der Waals surface area contributed by atoms with E-state index in [2.05, 4.69) is 14.9 Å². The van der Waals surface area contributed by atoms with Gasteiger partial charge >= 0.3 is 5.69 Å². The third kappa shape index (κ3) is 4.42. The van der Waals surface area contributed by atoms with Crippen molar-refractivity contribution in [2.45, 2.75) is 38.3 Å². The van der Waals surface area contributed by atoms with E-state index in [0.717, 1.165) is 22.3 Å². The summed E-state index contributed by atoms with van der Waals surface area (Å²) in [5, 5.41) is 11.1. The molecule has 1 aliphatic heterocycles. The highest BCUT2D eigenvalue weighted by Crippen LogP contribution is 2.36. The first-order valence-corrected chi connectivity index (χ1v) is 12.4. The van der Waals surface area contributed by atoms with Gasteiger partial charge in [-0.15, -0.1) is 0 Å². The van der Waals surface area contributed by atoms with Crippen LogP contribution in [0.1, 0.15) is 31.4 Å². The van der Waals surface area contributed by atoms with E-state index in [1.165, 1.54) is 15.5 Å². The second-order valence-electron chi connectivity index (χ2n) is 9.56. The lowest BCUT2D eigenvalue weighted by Gasteiger charge is -2.34.